The van der Waals surface area contributed by atoms with Crippen LogP contribution in [0.2, 0.25) is 5.02 Å². The Balaban J connectivity index is 1.14. The molecule has 2 unspecified atom stereocenters. The van der Waals surface area contributed by atoms with Gasteiger partial charge in [0, 0.05) is 53.3 Å². The molecule has 1 aliphatic carbocycles. The first kappa shape index (κ1) is 27.6. The third kappa shape index (κ3) is 5.78. The molecule has 2 atom stereocenters. The summed E-state index contributed by atoms with van der Waals surface area (Å²) in [4.78, 5) is 46.1. The summed E-state index contributed by atoms with van der Waals surface area (Å²) in [5.41, 5.74) is 3.31. The standard InChI is InChI=1S/C31H36ClN5O4/c1-41-30(40)37-15-10-25(34-29(39)21-6-9-23-24(32)17-33-26(23)16-21)27(18-37)35-28(38)20-4-7-22(8-5-20)31(11-12-31)19-36-13-2-3-14-36/h4-9,16-17,25,27,33H,2-3,10-15,18-19H2,1H3,(H,34,39)(H,35,38). The minimum absolute atomic E-state index is 0.216. The Bertz CT molecular complexity index is 1440. The molecule has 2 aliphatic heterocycles. The number of aromatic nitrogens is 1. The van der Waals surface area contributed by atoms with Crippen LogP contribution >= 0.6 is 11.6 Å². The van der Waals surface area contributed by atoms with Gasteiger partial charge in [0.1, 0.15) is 0 Å². The number of likely N-dealkylation sites (tertiary alicyclic amines) is 2. The molecule has 10 heteroatoms. The third-order valence-corrected chi connectivity index (χ3v) is 9.22. The lowest BCUT2D eigenvalue weighted by atomic mass is 9.94. The maximum atomic E-state index is 13.4. The minimum atomic E-state index is -0.493. The first-order valence-electron chi connectivity index (χ1n) is 14.4. The SMILES string of the molecule is COC(=O)N1CCC(NC(=O)c2ccc3c(Cl)c[nH]c3c2)C(NC(=O)c2ccc(C3(CN4CCCC4)CC3)cc2)C1. The van der Waals surface area contributed by atoms with E-state index >= 15 is 0 Å². The molecule has 9 nitrogen and oxygen atoms in total. The van der Waals surface area contributed by atoms with Crippen LogP contribution in [0.3, 0.4) is 0 Å². The number of carbonyl (C=O) groups is 3. The molecule has 216 valence electrons. The monoisotopic (exact) mass is 577 g/mol. The van der Waals surface area contributed by atoms with Crippen LogP contribution in [0, 0.1) is 0 Å². The predicted octanol–water partition coefficient (Wildman–Crippen LogP) is 4.32. The van der Waals surface area contributed by atoms with Gasteiger partial charge in [-0.15, -0.1) is 0 Å². The number of amides is 3. The second-order valence-electron chi connectivity index (χ2n) is 11.6. The van der Waals surface area contributed by atoms with E-state index in [2.05, 4.69) is 32.7 Å². The first-order chi connectivity index (χ1) is 19.8. The number of ether oxygens (including phenoxy) is 1. The lowest BCUT2D eigenvalue weighted by molar-refractivity contribution is 0.0764. The number of nitrogens with one attached hydrogen (secondary N) is 3. The third-order valence-electron chi connectivity index (χ3n) is 8.91. The number of hydrogen-bond donors (Lipinski definition) is 3. The fraction of sp³-hybridized carbons (Fsp3) is 0.452. The van der Waals surface area contributed by atoms with E-state index in [4.69, 9.17) is 16.3 Å². The summed E-state index contributed by atoms with van der Waals surface area (Å²) in [6.07, 6.45) is 6.63. The van der Waals surface area contributed by atoms with Crippen LogP contribution in [0.1, 0.15) is 58.4 Å². The van der Waals surface area contributed by atoms with Gasteiger partial charge in [-0.25, -0.2) is 4.79 Å². The fourth-order valence-corrected chi connectivity index (χ4v) is 6.55. The van der Waals surface area contributed by atoms with Crippen molar-refractivity contribution in [3.8, 4) is 0 Å². The average Bonchev–Trinajstić information content (AvgIpc) is 3.40. The van der Waals surface area contributed by atoms with Gasteiger partial charge in [0.2, 0.25) is 0 Å². The normalized spacial score (nSPS) is 22.0. The van der Waals surface area contributed by atoms with Gasteiger partial charge in [0.25, 0.3) is 11.8 Å². The minimum Gasteiger partial charge on any atom is -0.453 e. The zero-order valence-corrected chi connectivity index (χ0v) is 24.0. The highest BCUT2D eigenvalue weighted by atomic mass is 35.5. The molecule has 1 saturated carbocycles. The van der Waals surface area contributed by atoms with Crippen LogP contribution < -0.4 is 10.6 Å². The van der Waals surface area contributed by atoms with Gasteiger partial charge in [-0.1, -0.05) is 29.8 Å². The van der Waals surface area contributed by atoms with E-state index in [1.807, 2.05) is 18.2 Å². The number of H-pyrrole nitrogens is 1. The van der Waals surface area contributed by atoms with Gasteiger partial charge in [0.05, 0.1) is 24.2 Å². The van der Waals surface area contributed by atoms with Gasteiger partial charge >= 0.3 is 6.09 Å². The summed E-state index contributed by atoms with van der Waals surface area (Å²) in [5.74, 6) is -0.496. The second kappa shape index (κ2) is 11.4. The molecule has 0 spiro atoms. The largest absolute Gasteiger partial charge is 0.453 e. The van der Waals surface area contributed by atoms with Gasteiger partial charge in [-0.3, -0.25) is 9.59 Å². The predicted molar refractivity (Wildman–Crippen MR) is 157 cm³/mol. The van der Waals surface area contributed by atoms with Gasteiger partial charge in [-0.2, -0.15) is 0 Å². The highest BCUT2D eigenvalue weighted by Gasteiger charge is 2.45. The number of benzene rings is 2. The lowest BCUT2D eigenvalue weighted by Crippen LogP contribution is -2.61. The van der Waals surface area contributed by atoms with E-state index in [-0.39, 0.29) is 29.8 Å². The summed E-state index contributed by atoms with van der Waals surface area (Å²) in [6.45, 7) is 4.08. The van der Waals surface area contributed by atoms with Crippen molar-refractivity contribution in [2.24, 2.45) is 0 Å². The number of aromatic amines is 1. The molecule has 0 radical (unpaired) electrons. The molecule has 3 aliphatic rings. The quantitative estimate of drug-likeness (QED) is 0.388. The van der Waals surface area contributed by atoms with Crippen molar-refractivity contribution in [1.29, 1.82) is 0 Å². The van der Waals surface area contributed by atoms with Crippen molar-refractivity contribution in [3.63, 3.8) is 0 Å². The molecule has 3 fully saturated rings. The van der Waals surface area contributed by atoms with E-state index in [1.54, 1.807) is 23.2 Å². The number of rotatable bonds is 7. The van der Waals surface area contributed by atoms with Gasteiger partial charge in [-0.05, 0) is 75.0 Å². The number of hydrogen-bond acceptors (Lipinski definition) is 5. The Labute approximate surface area is 244 Å². The van der Waals surface area contributed by atoms with Gasteiger partial charge in [0.15, 0.2) is 0 Å². The molecule has 1 aromatic heterocycles. The summed E-state index contributed by atoms with van der Waals surface area (Å²) < 4.78 is 4.92. The Morgan fingerprint density at radius 2 is 1.66 bits per heavy atom. The number of methoxy groups -OCH3 is 1. The van der Waals surface area contributed by atoms with E-state index in [0.29, 0.717) is 29.1 Å². The highest BCUT2D eigenvalue weighted by molar-refractivity contribution is 6.35. The molecule has 0 bridgehead atoms. The number of nitrogens with zero attached hydrogens (tertiary/aromatic N) is 2. The van der Waals surface area contributed by atoms with Gasteiger partial charge < -0.3 is 30.2 Å². The Morgan fingerprint density at radius 1 is 0.976 bits per heavy atom. The van der Waals surface area contributed by atoms with Crippen LogP contribution in [0.4, 0.5) is 4.79 Å². The van der Waals surface area contributed by atoms with Crippen molar-refractivity contribution in [3.05, 3.63) is 70.4 Å². The molecule has 3 heterocycles. The fourth-order valence-electron chi connectivity index (χ4n) is 6.33. The number of piperidine rings is 1. The van der Waals surface area contributed by atoms with Crippen LogP contribution in [0.5, 0.6) is 0 Å². The number of carbonyl (C=O) groups excluding carboxylic acids is 3. The molecule has 41 heavy (non-hydrogen) atoms. The van der Waals surface area contributed by atoms with Crippen molar-refractivity contribution >= 4 is 40.4 Å². The van der Waals surface area contributed by atoms with Crippen LogP contribution in [-0.2, 0) is 10.2 Å². The van der Waals surface area contributed by atoms with Crippen LogP contribution in [-0.4, -0.2) is 84.6 Å². The zero-order chi connectivity index (χ0) is 28.6. The molecular weight excluding hydrogens is 542 g/mol. The number of fused-ring (bicyclic) bond motifs is 1. The molecule has 2 saturated heterocycles. The molecule has 3 N–H and O–H groups in total. The maximum absolute atomic E-state index is 13.4. The van der Waals surface area contributed by atoms with Crippen LogP contribution in [0.15, 0.2) is 48.7 Å². The Hall–Kier alpha value is -3.56. The smallest absolute Gasteiger partial charge is 0.409 e. The summed E-state index contributed by atoms with van der Waals surface area (Å²) in [5, 5.41) is 7.60. The number of halogens is 1. The van der Waals surface area contributed by atoms with Crippen molar-refractivity contribution in [2.45, 2.75) is 49.6 Å². The molecular formula is C31H36ClN5O4. The van der Waals surface area contributed by atoms with Crippen molar-refractivity contribution in [1.82, 2.24) is 25.4 Å². The van der Waals surface area contributed by atoms with E-state index in [0.717, 1.165) is 17.4 Å². The Morgan fingerprint density at radius 3 is 2.37 bits per heavy atom. The topological polar surface area (TPSA) is 107 Å². The Kier molecular flexibility index (Phi) is 7.66. The van der Waals surface area contributed by atoms with Crippen molar-refractivity contribution < 1.29 is 19.1 Å². The molecule has 2 aromatic carbocycles. The molecule has 3 amide bonds. The maximum Gasteiger partial charge on any atom is 0.409 e. The van der Waals surface area contributed by atoms with E-state index < -0.39 is 12.1 Å². The lowest BCUT2D eigenvalue weighted by Gasteiger charge is -2.38. The highest BCUT2D eigenvalue weighted by Crippen LogP contribution is 2.49. The molecule has 3 aromatic rings. The van der Waals surface area contributed by atoms with Crippen LogP contribution in [0.25, 0.3) is 10.9 Å². The second-order valence-corrected chi connectivity index (χ2v) is 12.0. The average molecular weight is 578 g/mol. The molecule has 6 rings (SSSR count). The first-order valence-corrected chi connectivity index (χ1v) is 14.8. The summed E-state index contributed by atoms with van der Waals surface area (Å²) in [6, 6.07) is 12.4. The van der Waals surface area contributed by atoms with E-state index in [9.17, 15) is 14.4 Å². The van der Waals surface area contributed by atoms with Crippen molar-refractivity contribution in [2.75, 3.05) is 39.8 Å². The zero-order valence-electron chi connectivity index (χ0n) is 23.2. The summed E-state index contributed by atoms with van der Waals surface area (Å²) >= 11 is 6.18. The summed E-state index contributed by atoms with van der Waals surface area (Å²) in [7, 11) is 1.34. The van der Waals surface area contributed by atoms with E-state index in [1.165, 1.54) is 51.4 Å².